The van der Waals surface area contributed by atoms with E-state index in [-0.39, 0.29) is 6.71 Å². The lowest BCUT2D eigenvalue weighted by Gasteiger charge is -2.34. The number of nitrogens with zero attached hydrogens (tertiary/aromatic N) is 2. The second kappa shape index (κ2) is 12.5. The van der Waals surface area contributed by atoms with Crippen LogP contribution in [0.3, 0.4) is 0 Å². The van der Waals surface area contributed by atoms with Gasteiger partial charge in [0.2, 0.25) is 0 Å². The summed E-state index contributed by atoms with van der Waals surface area (Å²) in [6, 6.07) is 71.2. The summed E-state index contributed by atoms with van der Waals surface area (Å²) in [5, 5.41) is 4.67. The van der Waals surface area contributed by atoms with E-state index in [1.807, 2.05) is 6.07 Å². The maximum atomic E-state index is 7.07. The van der Waals surface area contributed by atoms with E-state index in [1.165, 1.54) is 16.2 Å². The Morgan fingerprint density at radius 1 is 0.386 bits per heavy atom. The summed E-state index contributed by atoms with van der Waals surface area (Å²) in [6.07, 6.45) is 0. The van der Waals surface area contributed by atoms with Crippen molar-refractivity contribution in [2.75, 3.05) is 4.90 Å². The summed E-state index contributed by atoms with van der Waals surface area (Å²) in [5.41, 5.74) is 12.2. The minimum absolute atomic E-state index is 0.104. The van der Waals surface area contributed by atoms with Gasteiger partial charge in [0.05, 0.1) is 11.0 Å². The number of hydrogen-bond donors (Lipinski definition) is 0. The Morgan fingerprint density at radius 3 is 1.72 bits per heavy atom. The highest BCUT2D eigenvalue weighted by atomic mass is 16.5. The van der Waals surface area contributed by atoms with Crippen LogP contribution in [0, 0.1) is 0 Å². The standard InChI is InChI=1S/C52H33BN2O2/c1-5-15-34(16-6-1)36-29-49-52-50(30-36)57-48-32-43-42-27-26-40(54(37-18-7-2-8-19-37)38-20-9-3-10-21-38)31-45(42)55(39-22-11-4-12-23-39)46(43)33-44(48)53(52)51-41-24-14-13-17-35(41)25-28-47(51)56-49/h1-33H. The van der Waals surface area contributed by atoms with Crippen molar-refractivity contribution in [1.29, 1.82) is 0 Å². The van der Waals surface area contributed by atoms with Crippen LogP contribution in [0.5, 0.6) is 23.0 Å². The highest BCUT2D eigenvalue weighted by molar-refractivity contribution is 6.99. The van der Waals surface area contributed by atoms with Crippen LogP contribution in [0.15, 0.2) is 200 Å². The fraction of sp³-hybridized carbons (Fsp3) is 0. The molecule has 2 aliphatic heterocycles. The van der Waals surface area contributed by atoms with E-state index >= 15 is 0 Å². The van der Waals surface area contributed by atoms with Crippen molar-refractivity contribution in [2.24, 2.45) is 0 Å². The van der Waals surface area contributed by atoms with Gasteiger partial charge in [-0.25, -0.2) is 0 Å². The van der Waals surface area contributed by atoms with Gasteiger partial charge >= 0.3 is 0 Å². The molecule has 10 aromatic rings. The lowest BCUT2D eigenvalue weighted by molar-refractivity contribution is 0.465. The fourth-order valence-corrected chi connectivity index (χ4v) is 9.16. The van der Waals surface area contributed by atoms with E-state index < -0.39 is 0 Å². The first-order valence-electron chi connectivity index (χ1n) is 19.5. The molecule has 0 aliphatic carbocycles. The number of benzene rings is 9. The predicted molar refractivity (Wildman–Crippen MR) is 236 cm³/mol. The smallest absolute Gasteiger partial charge is 0.261 e. The Labute approximate surface area is 330 Å². The van der Waals surface area contributed by atoms with Gasteiger partial charge in [-0.05, 0) is 112 Å². The topological polar surface area (TPSA) is 26.6 Å². The molecule has 0 fully saturated rings. The molecule has 9 aromatic carbocycles. The van der Waals surface area contributed by atoms with E-state index in [0.29, 0.717) is 0 Å². The Morgan fingerprint density at radius 2 is 1.00 bits per heavy atom. The number of anilines is 3. The van der Waals surface area contributed by atoms with Gasteiger partial charge in [0.15, 0.2) is 0 Å². The molecule has 0 bridgehead atoms. The second-order valence-corrected chi connectivity index (χ2v) is 14.9. The lowest BCUT2D eigenvalue weighted by atomic mass is 9.34. The molecule has 57 heavy (non-hydrogen) atoms. The third kappa shape index (κ3) is 4.95. The average Bonchev–Trinajstić information content (AvgIpc) is 3.59. The van der Waals surface area contributed by atoms with E-state index in [4.69, 9.17) is 9.47 Å². The Bertz CT molecular complexity index is 3140. The van der Waals surface area contributed by atoms with Gasteiger partial charge in [0.25, 0.3) is 6.71 Å². The van der Waals surface area contributed by atoms with Gasteiger partial charge in [0, 0.05) is 39.0 Å². The number of hydrogen-bond acceptors (Lipinski definition) is 3. The molecule has 0 amide bonds. The van der Waals surface area contributed by atoms with Crippen LogP contribution in [0.4, 0.5) is 17.1 Å². The van der Waals surface area contributed by atoms with Crippen LogP contribution >= 0.6 is 0 Å². The lowest BCUT2D eigenvalue weighted by Crippen LogP contribution is -2.57. The number of para-hydroxylation sites is 3. The normalized spacial score (nSPS) is 12.5. The third-order valence-electron chi connectivity index (χ3n) is 11.7. The SMILES string of the molecule is c1ccc(-c2cc3c4c(c2)Oc2ccc5ccccc5c2B4c2cc4c(cc2O3)c2ccc(N(c3ccccc3)c3ccccc3)cc2n4-c2ccccc2)cc1. The number of aromatic nitrogens is 1. The van der Waals surface area contributed by atoms with Crippen molar-refractivity contribution >= 4 is 72.7 Å². The first-order valence-corrected chi connectivity index (χ1v) is 19.5. The first-order chi connectivity index (χ1) is 28.3. The Balaban J connectivity index is 1.14. The van der Waals surface area contributed by atoms with Gasteiger partial charge in [-0.15, -0.1) is 0 Å². The Kier molecular flexibility index (Phi) is 6.99. The molecule has 0 saturated carbocycles. The molecule has 0 unspecified atom stereocenters. The molecule has 12 rings (SSSR count). The Hall–Kier alpha value is -7.50. The van der Waals surface area contributed by atoms with Crippen LogP contribution < -0.4 is 30.8 Å². The molecule has 4 nitrogen and oxygen atoms in total. The molecule has 2 aliphatic rings. The van der Waals surface area contributed by atoms with Gasteiger partial charge in [-0.3, -0.25) is 0 Å². The minimum atomic E-state index is -0.104. The average molecular weight is 729 g/mol. The van der Waals surface area contributed by atoms with Crippen molar-refractivity contribution in [2.45, 2.75) is 0 Å². The van der Waals surface area contributed by atoms with E-state index in [9.17, 15) is 0 Å². The van der Waals surface area contributed by atoms with Crippen LogP contribution in [-0.2, 0) is 0 Å². The van der Waals surface area contributed by atoms with Crippen molar-refractivity contribution in [3.8, 4) is 39.8 Å². The number of ether oxygens (including phenoxy) is 2. The zero-order valence-electron chi connectivity index (χ0n) is 30.8. The zero-order valence-corrected chi connectivity index (χ0v) is 30.8. The van der Waals surface area contributed by atoms with E-state index in [2.05, 4.69) is 204 Å². The summed E-state index contributed by atoms with van der Waals surface area (Å²) >= 11 is 0. The van der Waals surface area contributed by atoms with Crippen LogP contribution in [-0.4, -0.2) is 11.3 Å². The van der Waals surface area contributed by atoms with Gasteiger partial charge in [0.1, 0.15) is 23.0 Å². The second-order valence-electron chi connectivity index (χ2n) is 14.9. The summed E-state index contributed by atoms with van der Waals surface area (Å²) in [7, 11) is 0. The highest BCUT2D eigenvalue weighted by Crippen LogP contribution is 2.44. The maximum absolute atomic E-state index is 7.07. The molecule has 3 heterocycles. The van der Waals surface area contributed by atoms with Crippen LogP contribution in [0.1, 0.15) is 0 Å². The van der Waals surface area contributed by atoms with Crippen molar-refractivity contribution in [3.63, 3.8) is 0 Å². The molecule has 1 aromatic heterocycles. The van der Waals surface area contributed by atoms with Gasteiger partial charge < -0.3 is 18.9 Å². The quantitative estimate of drug-likeness (QED) is 0.165. The number of rotatable bonds is 5. The summed E-state index contributed by atoms with van der Waals surface area (Å²) in [4.78, 5) is 2.33. The van der Waals surface area contributed by atoms with Crippen LogP contribution in [0.25, 0.3) is 49.4 Å². The molecular formula is C52H33BN2O2. The molecule has 0 N–H and O–H groups in total. The van der Waals surface area contributed by atoms with Crippen LogP contribution in [0.2, 0.25) is 0 Å². The fourth-order valence-electron chi connectivity index (χ4n) is 9.16. The predicted octanol–water partition coefficient (Wildman–Crippen LogP) is 11.8. The summed E-state index contributed by atoms with van der Waals surface area (Å²) in [5.74, 6) is 3.41. The highest BCUT2D eigenvalue weighted by Gasteiger charge is 2.42. The first kappa shape index (κ1) is 31.8. The summed E-state index contributed by atoms with van der Waals surface area (Å²) < 4.78 is 16.3. The maximum Gasteiger partial charge on any atom is 0.261 e. The molecule has 266 valence electrons. The van der Waals surface area contributed by atoms with E-state index in [0.717, 1.165) is 89.6 Å². The molecule has 0 radical (unpaired) electrons. The monoisotopic (exact) mass is 728 g/mol. The largest absolute Gasteiger partial charge is 0.458 e. The summed E-state index contributed by atoms with van der Waals surface area (Å²) in [6.45, 7) is -0.104. The molecule has 0 spiro atoms. The number of fused-ring (bicyclic) bond motifs is 9. The van der Waals surface area contributed by atoms with Crippen molar-refractivity contribution < 1.29 is 9.47 Å². The zero-order chi connectivity index (χ0) is 37.5. The van der Waals surface area contributed by atoms with E-state index in [1.54, 1.807) is 0 Å². The van der Waals surface area contributed by atoms with Crippen molar-refractivity contribution in [1.82, 2.24) is 4.57 Å². The molecule has 0 saturated heterocycles. The van der Waals surface area contributed by atoms with Gasteiger partial charge in [-0.1, -0.05) is 121 Å². The minimum Gasteiger partial charge on any atom is -0.458 e. The van der Waals surface area contributed by atoms with Gasteiger partial charge in [-0.2, -0.15) is 0 Å². The molecular weight excluding hydrogens is 695 g/mol. The molecule has 0 atom stereocenters. The molecule has 5 heteroatoms. The third-order valence-corrected chi connectivity index (χ3v) is 11.7. The van der Waals surface area contributed by atoms with Crippen molar-refractivity contribution in [3.05, 3.63) is 200 Å².